The van der Waals surface area contributed by atoms with Crippen molar-refractivity contribution in [2.45, 2.75) is 13.3 Å². The van der Waals surface area contributed by atoms with Crippen molar-refractivity contribution < 1.29 is 14.3 Å². The lowest BCUT2D eigenvalue weighted by molar-refractivity contribution is -0.142. The van der Waals surface area contributed by atoms with Crippen LogP contribution in [0.2, 0.25) is 0 Å². The van der Waals surface area contributed by atoms with Gasteiger partial charge in [-0.1, -0.05) is 12.7 Å². The molecule has 1 aromatic heterocycles. The van der Waals surface area contributed by atoms with Crippen LogP contribution < -0.4 is 10.2 Å². The monoisotopic (exact) mass is 345 g/mol. The molecule has 0 aliphatic heterocycles. The highest BCUT2D eigenvalue weighted by Crippen LogP contribution is 2.16. The summed E-state index contributed by atoms with van der Waals surface area (Å²) in [6.07, 6.45) is 3.55. The van der Waals surface area contributed by atoms with Crippen LogP contribution in [-0.2, 0) is 16.0 Å². The molecule has 2 rings (SSSR count). The highest BCUT2D eigenvalue weighted by Gasteiger charge is 2.07. The van der Waals surface area contributed by atoms with Gasteiger partial charge in [-0.15, -0.1) is 11.3 Å². The molecule has 126 valence electrons. The fourth-order valence-corrected chi connectivity index (χ4v) is 2.43. The molecular formula is C17H19N3O3S. The summed E-state index contributed by atoms with van der Waals surface area (Å²) < 4.78 is 10.3. The summed E-state index contributed by atoms with van der Waals surface area (Å²) in [6.45, 7) is 6.23. The Kier molecular flexibility index (Phi) is 6.97. The van der Waals surface area contributed by atoms with Crippen molar-refractivity contribution in [2.24, 2.45) is 5.10 Å². The van der Waals surface area contributed by atoms with Crippen molar-refractivity contribution in [3.05, 3.63) is 53.6 Å². The number of rotatable bonds is 9. The lowest BCUT2D eigenvalue weighted by atomic mass is 10.2. The van der Waals surface area contributed by atoms with Gasteiger partial charge in [0.15, 0.2) is 0 Å². The molecule has 0 spiro atoms. The minimum Gasteiger partial charge on any atom is -0.490 e. The average molecular weight is 345 g/mol. The van der Waals surface area contributed by atoms with E-state index in [1.165, 1.54) is 11.3 Å². The number of nitrogens with one attached hydrogen (secondary N) is 1. The highest BCUT2D eigenvalue weighted by atomic mass is 32.1. The highest BCUT2D eigenvalue weighted by molar-refractivity contribution is 7.13. The maximum Gasteiger partial charge on any atom is 0.311 e. The maximum absolute atomic E-state index is 11.4. The first-order valence-corrected chi connectivity index (χ1v) is 8.32. The Labute approximate surface area is 144 Å². The third kappa shape index (κ3) is 5.85. The maximum atomic E-state index is 11.4. The van der Waals surface area contributed by atoms with Crippen LogP contribution in [0.5, 0.6) is 5.75 Å². The third-order valence-electron chi connectivity index (χ3n) is 2.80. The molecule has 0 radical (unpaired) electrons. The Bertz CT molecular complexity index is 695. The van der Waals surface area contributed by atoms with E-state index in [2.05, 4.69) is 22.1 Å². The minimum atomic E-state index is -0.281. The Morgan fingerprint density at radius 2 is 2.21 bits per heavy atom. The van der Waals surface area contributed by atoms with Crippen molar-refractivity contribution in [3.8, 4) is 5.75 Å². The topological polar surface area (TPSA) is 72.8 Å². The Morgan fingerprint density at radius 1 is 1.42 bits per heavy atom. The first-order chi connectivity index (χ1) is 11.7. The predicted octanol–water partition coefficient (Wildman–Crippen LogP) is 3.26. The summed E-state index contributed by atoms with van der Waals surface area (Å²) in [6, 6.07) is 7.53. The molecule has 2 aromatic rings. The van der Waals surface area contributed by atoms with Gasteiger partial charge in [0.1, 0.15) is 12.4 Å². The molecule has 0 atom stereocenters. The Morgan fingerprint density at radius 3 is 2.92 bits per heavy atom. The normalized spacial score (nSPS) is 10.5. The fourth-order valence-electron chi connectivity index (χ4n) is 1.77. The van der Waals surface area contributed by atoms with Crippen molar-refractivity contribution in [1.82, 2.24) is 4.98 Å². The van der Waals surface area contributed by atoms with Gasteiger partial charge in [-0.05, 0) is 36.8 Å². The van der Waals surface area contributed by atoms with Gasteiger partial charge in [0, 0.05) is 5.38 Å². The predicted molar refractivity (Wildman–Crippen MR) is 95.8 cm³/mol. The van der Waals surface area contributed by atoms with Gasteiger partial charge in [-0.2, -0.15) is 5.10 Å². The summed E-state index contributed by atoms with van der Waals surface area (Å²) in [5.74, 6) is 0.500. The molecule has 0 unspecified atom stereocenters. The van der Waals surface area contributed by atoms with Crippen LogP contribution in [0.1, 0.15) is 18.2 Å². The fraction of sp³-hybridized carbons (Fsp3) is 0.235. The number of hydrazone groups is 1. The van der Waals surface area contributed by atoms with E-state index in [1.807, 2.05) is 24.3 Å². The summed E-state index contributed by atoms with van der Waals surface area (Å²) >= 11 is 1.38. The molecule has 0 aliphatic carbocycles. The van der Waals surface area contributed by atoms with E-state index in [0.29, 0.717) is 24.0 Å². The van der Waals surface area contributed by atoms with Crippen LogP contribution in [0.15, 0.2) is 47.4 Å². The van der Waals surface area contributed by atoms with E-state index in [1.54, 1.807) is 24.6 Å². The van der Waals surface area contributed by atoms with E-state index in [0.717, 1.165) is 11.3 Å². The zero-order chi connectivity index (χ0) is 17.2. The molecule has 0 fully saturated rings. The number of esters is 1. The van der Waals surface area contributed by atoms with Crippen molar-refractivity contribution in [2.75, 3.05) is 18.6 Å². The van der Waals surface area contributed by atoms with Gasteiger partial charge < -0.3 is 9.47 Å². The van der Waals surface area contributed by atoms with Crippen LogP contribution in [0, 0.1) is 0 Å². The summed E-state index contributed by atoms with van der Waals surface area (Å²) in [5.41, 5.74) is 4.44. The van der Waals surface area contributed by atoms with Gasteiger partial charge >= 0.3 is 5.97 Å². The number of aromatic nitrogens is 1. The molecule has 6 nitrogen and oxygen atoms in total. The molecule has 0 aliphatic rings. The largest absolute Gasteiger partial charge is 0.490 e. The number of carbonyl (C=O) groups is 1. The molecule has 0 saturated carbocycles. The molecule has 1 heterocycles. The number of hydrogen-bond donors (Lipinski definition) is 1. The first kappa shape index (κ1) is 17.7. The second-order valence-electron chi connectivity index (χ2n) is 4.66. The number of nitrogens with zero attached hydrogens (tertiary/aromatic N) is 2. The van der Waals surface area contributed by atoms with Crippen molar-refractivity contribution in [1.29, 1.82) is 0 Å². The summed E-state index contributed by atoms with van der Waals surface area (Å²) in [5, 5.41) is 6.56. The molecule has 7 heteroatoms. The van der Waals surface area contributed by atoms with Crippen LogP contribution in [0.3, 0.4) is 0 Å². The van der Waals surface area contributed by atoms with Crippen LogP contribution in [0.4, 0.5) is 5.13 Å². The van der Waals surface area contributed by atoms with E-state index >= 15 is 0 Å². The molecule has 0 bridgehead atoms. The number of ether oxygens (including phenoxy) is 2. The lowest BCUT2D eigenvalue weighted by Crippen LogP contribution is -2.07. The number of hydrogen-bond acceptors (Lipinski definition) is 7. The smallest absolute Gasteiger partial charge is 0.311 e. The Balaban J connectivity index is 1.84. The zero-order valence-corrected chi connectivity index (χ0v) is 14.2. The van der Waals surface area contributed by atoms with Crippen LogP contribution in [0.25, 0.3) is 0 Å². The van der Waals surface area contributed by atoms with Crippen LogP contribution >= 0.6 is 11.3 Å². The first-order valence-electron chi connectivity index (χ1n) is 7.44. The van der Waals surface area contributed by atoms with Crippen LogP contribution in [-0.4, -0.2) is 30.4 Å². The van der Waals surface area contributed by atoms with E-state index in [4.69, 9.17) is 9.47 Å². The van der Waals surface area contributed by atoms with Crippen molar-refractivity contribution >= 4 is 28.7 Å². The van der Waals surface area contributed by atoms with E-state index in [-0.39, 0.29) is 12.4 Å². The molecule has 0 saturated heterocycles. The lowest BCUT2D eigenvalue weighted by Gasteiger charge is -2.02. The van der Waals surface area contributed by atoms with Gasteiger partial charge in [0.2, 0.25) is 5.13 Å². The number of carbonyl (C=O) groups excluding carboxylic acids is 1. The minimum absolute atomic E-state index is 0.169. The van der Waals surface area contributed by atoms with Gasteiger partial charge in [0.25, 0.3) is 0 Å². The van der Waals surface area contributed by atoms with E-state index < -0.39 is 0 Å². The number of anilines is 1. The SMILES string of the molecule is C=CCOc1ccc(C=NNc2nc(CC(=O)OCC)cs2)cc1. The molecule has 24 heavy (non-hydrogen) atoms. The molecular weight excluding hydrogens is 326 g/mol. The average Bonchev–Trinajstić information content (AvgIpc) is 3.01. The van der Waals surface area contributed by atoms with Gasteiger partial charge in [-0.3, -0.25) is 10.2 Å². The summed E-state index contributed by atoms with van der Waals surface area (Å²) in [4.78, 5) is 15.7. The quantitative estimate of drug-likeness (QED) is 0.327. The molecule has 0 amide bonds. The second kappa shape index (κ2) is 9.46. The van der Waals surface area contributed by atoms with Gasteiger partial charge in [0.05, 0.1) is 24.9 Å². The standard InChI is InChI=1S/C17H19N3O3S/c1-3-9-23-15-7-5-13(6-8-15)11-18-20-17-19-14(12-24-17)10-16(21)22-4-2/h3,5-8,11-12H,1,4,9-10H2,2H3,(H,19,20). The zero-order valence-electron chi connectivity index (χ0n) is 13.4. The molecule has 1 N–H and O–H groups in total. The summed E-state index contributed by atoms with van der Waals surface area (Å²) in [7, 11) is 0. The van der Waals surface area contributed by atoms with Crippen molar-refractivity contribution in [3.63, 3.8) is 0 Å². The Hall–Kier alpha value is -2.67. The number of thiazole rings is 1. The third-order valence-corrected chi connectivity index (χ3v) is 3.60. The number of benzene rings is 1. The van der Waals surface area contributed by atoms with Gasteiger partial charge in [-0.25, -0.2) is 4.98 Å². The van der Waals surface area contributed by atoms with E-state index in [9.17, 15) is 4.79 Å². The molecule has 1 aromatic carbocycles. The second-order valence-corrected chi connectivity index (χ2v) is 5.52.